The minimum atomic E-state index is -0.288. The minimum absolute atomic E-state index is 0.0332. The third-order valence-corrected chi connectivity index (χ3v) is 4.95. The molecule has 0 aliphatic rings. The number of fused-ring (bicyclic) bond motifs is 1. The number of carbonyl (C=O) groups excluding carboxylic acids is 1. The average Bonchev–Trinajstić information content (AvgIpc) is 3.32. The third-order valence-electron chi connectivity index (χ3n) is 3.85. The van der Waals surface area contributed by atoms with Crippen LogP contribution in [0.4, 0.5) is 0 Å². The van der Waals surface area contributed by atoms with Crippen molar-refractivity contribution in [3.63, 3.8) is 0 Å². The maximum Gasteiger partial charge on any atom is 0.306 e. The largest absolute Gasteiger partial charge is 0.456 e. The highest BCUT2D eigenvalue weighted by atomic mass is 32.1. The van der Waals surface area contributed by atoms with Crippen LogP contribution in [0.5, 0.6) is 0 Å². The highest BCUT2D eigenvalue weighted by Crippen LogP contribution is 2.23. The molecule has 0 saturated heterocycles. The number of aromatic nitrogens is 2. The second-order valence-corrected chi connectivity index (χ2v) is 6.84. The Bertz CT molecular complexity index is 991. The molecule has 2 aromatic heterocycles. The van der Waals surface area contributed by atoms with E-state index in [0.717, 1.165) is 20.8 Å². The summed E-state index contributed by atoms with van der Waals surface area (Å²) < 4.78 is 12.0. The van der Waals surface area contributed by atoms with Gasteiger partial charge in [0, 0.05) is 12.0 Å². The molecular formula is C20H16N2O3S. The molecule has 4 aromatic rings. The van der Waals surface area contributed by atoms with Gasteiger partial charge in [0.15, 0.2) is 12.4 Å². The third kappa shape index (κ3) is 3.81. The lowest BCUT2D eigenvalue weighted by Crippen LogP contribution is -2.06. The molecule has 0 spiro atoms. The summed E-state index contributed by atoms with van der Waals surface area (Å²) in [4.78, 5) is 20.6. The first-order chi connectivity index (χ1) is 12.8. The van der Waals surface area contributed by atoms with Gasteiger partial charge in [0.25, 0.3) is 0 Å². The molecule has 130 valence electrons. The Balaban J connectivity index is 1.29. The van der Waals surface area contributed by atoms with Crippen LogP contribution >= 0.6 is 11.3 Å². The molecule has 0 bridgehead atoms. The second-order valence-electron chi connectivity index (χ2n) is 5.72. The summed E-state index contributed by atoms with van der Waals surface area (Å²) in [6.07, 6.45) is 2.49. The summed E-state index contributed by atoms with van der Waals surface area (Å²) in [5.74, 6) is 0.757. The number of benzene rings is 2. The molecule has 2 heterocycles. The molecular weight excluding hydrogens is 348 g/mol. The van der Waals surface area contributed by atoms with E-state index in [4.69, 9.17) is 9.15 Å². The first-order valence-corrected chi connectivity index (χ1v) is 9.10. The summed E-state index contributed by atoms with van der Waals surface area (Å²) in [7, 11) is 0. The van der Waals surface area contributed by atoms with Crippen molar-refractivity contribution in [1.29, 1.82) is 0 Å². The minimum Gasteiger partial charge on any atom is -0.456 e. The van der Waals surface area contributed by atoms with E-state index in [-0.39, 0.29) is 19.0 Å². The fourth-order valence-corrected chi connectivity index (χ4v) is 3.53. The summed E-state index contributed by atoms with van der Waals surface area (Å²) in [6.45, 7) is 0.0332. The predicted octanol–water partition coefficient (Wildman–Crippen LogP) is 4.63. The van der Waals surface area contributed by atoms with E-state index in [9.17, 15) is 4.79 Å². The Kier molecular flexibility index (Phi) is 4.75. The number of esters is 1. The zero-order valence-corrected chi connectivity index (χ0v) is 14.7. The van der Waals surface area contributed by atoms with Crippen LogP contribution in [0.3, 0.4) is 0 Å². The SMILES string of the molecule is O=C(CCc1nc2ccccc2s1)OCc1ncc(-c2ccccc2)o1. The van der Waals surface area contributed by atoms with Gasteiger partial charge in [0.1, 0.15) is 0 Å². The fourth-order valence-electron chi connectivity index (χ4n) is 2.56. The van der Waals surface area contributed by atoms with Crippen molar-refractivity contribution >= 4 is 27.5 Å². The topological polar surface area (TPSA) is 65.2 Å². The molecule has 0 unspecified atom stereocenters. The Morgan fingerprint density at radius 1 is 1.08 bits per heavy atom. The van der Waals surface area contributed by atoms with Gasteiger partial charge in [0.2, 0.25) is 5.89 Å². The maximum absolute atomic E-state index is 12.0. The summed E-state index contributed by atoms with van der Waals surface area (Å²) in [5.41, 5.74) is 1.91. The van der Waals surface area contributed by atoms with Crippen LogP contribution in [0.1, 0.15) is 17.3 Å². The number of carbonyl (C=O) groups is 1. The van der Waals surface area contributed by atoms with Gasteiger partial charge in [-0.25, -0.2) is 9.97 Å². The molecule has 0 amide bonds. The first kappa shape index (κ1) is 16.5. The molecule has 0 saturated carbocycles. The van der Waals surface area contributed by atoms with E-state index in [1.165, 1.54) is 0 Å². The number of hydrogen-bond acceptors (Lipinski definition) is 6. The van der Waals surface area contributed by atoms with Gasteiger partial charge >= 0.3 is 5.97 Å². The Morgan fingerprint density at radius 2 is 1.88 bits per heavy atom. The van der Waals surface area contributed by atoms with Gasteiger partial charge < -0.3 is 9.15 Å². The van der Waals surface area contributed by atoms with E-state index >= 15 is 0 Å². The molecule has 0 N–H and O–H groups in total. The second kappa shape index (κ2) is 7.49. The normalized spacial score (nSPS) is 10.9. The number of nitrogens with zero attached hydrogens (tertiary/aromatic N) is 2. The number of thiazole rings is 1. The lowest BCUT2D eigenvalue weighted by Gasteiger charge is -2.01. The summed E-state index contributed by atoms with van der Waals surface area (Å²) in [5, 5.41) is 0.936. The lowest BCUT2D eigenvalue weighted by molar-refractivity contribution is -0.145. The lowest BCUT2D eigenvalue weighted by atomic mass is 10.2. The van der Waals surface area contributed by atoms with E-state index in [1.807, 2.05) is 54.6 Å². The molecule has 2 aromatic carbocycles. The van der Waals surface area contributed by atoms with Crippen molar-refractivity contribution < 1.29 is 13.9 Å². The van der Waals surface area contributed by atoms with Gasteiger partial charge in [-0.15, -0.1) is 11.3 Å². The van der Waals surface area contributed by atoms with Crippen molar-refractivity contribution in [2.45, 2.75) is 19.4 Å². The predicted molar refractivity (Wildman–Crippen MR) is 99.7 cm³/mol. The van der Waals surface area contributed by atoms with Crippen LogP contribution in [0.25, 0.3) is 21.5 Å². The van der Waals surface area contributed by atoms with Gasteiger partial charge in [-0.1, -0.05) is 42.5 Å². The van der Waals surface area contributed by atoms with Crippen molar-refractivity contribution in [3.8, 4) is 11.3 Å². The number of oxazole rings is 1. The van der Waals surface area contributed by atoms with Crippen molar-refractivity contribution in [2.75, 3.05) is 0 Å². The standard InChI is InChI=1S/C20H16N2O3S/c23-20(11-10-19-22-15-8-4-5-9-17(15)26-19)24-13-18-21-12-16(25-18)14-6-2-1-3-7-14/h1-9,12H,10-11,13H2. The van der Waals surface area contributed by atoms with Crippen molar-refractivity contribution in [1.82, 2.24) is 9.97 Å². The van der Waals surface area contributed by atoms with E-state index in [2.05, 4.69) is 9.97 Å². The zero-order valence-electron chi connectivity index (χ0n) is 13.9. The monoisotopic (exact) mass is 364 g/mol. The van der Waals surface area contributed by atoms with Crippen molar-refractivity contribution in [3.05, 3.63) is 71.7 Å². The van der Waals surface area contributed by atoms with Gasteiger partial charge in [-0.2, -0.15) is 0 Å². The number of ether oxygens (including phenoxy) is 1. The molecule has 0 aliphatic carbocycles. The number of rotatable bonds is 6. The van der Waals surface area contributed by atoms with Gasteiger partial charge in [-0.3, -0.25) is 4.79 Å². The van der Waals surface area contributed by atoms with Crippen LogP contribution in [0.2, 0.25) is 0 Å². The zero-order chi connectivity index (χ0) is 17.8. The number of hydrogen-bond donors (Lipinski definition) is 0. The van der Waals surface area contributed by atoms with Crippen LogP contribution in [0, 0.1) is 0 Å². The van der Waals surface area contributed by atoms with Gasteiger partial charge in [-0.05, 0) is 12.1 Å². The van der Waals surface area contributed by atoms with E-state index < -0.39 is 0 Å². The summed E-state index contributed by atoms with van der Waals surface area (Å²) >= 11 is 1.60. The van der Waals surface area contributed by atoms with Crippen LogP contribution in [-0.2, 0) is 22.6 Å². The highest BCUT2D eigenvalue weighted by molar-refractivity contribution is 7.18. The quantitative estimate of drug-likeness (QED) is 0.467. The number of para-hydroxylation sites is 1. The van der Waals surface area contributed by atoms with Gasteiger partial charge in [0.05, 0.1) is 27.8 Å². The smallest absolute Gasteiger partial charge is 0.306 e. The first-order valence-electron chi connectivity index (χ1n) is 8.28. The Morgan fingerprint density at radius 3 is 2.73 bits per heavy atom. The molecule has 5 nitrogen and oxygen atoms in total. The Labute approximate surface area is 154 Å². The highest BCUT2D eigenvalue weighted by Gasteiger charge is 2.11. The molecule has 0 aliphatic heterocycles. The maximum atomic E-state index is 12.0. The molecule has 0 atom stereocenters. The molecule has 26 heavy (non-hydrogen) atoms. The van der Waals surface area contributed by atoms with Crippen LogP contribution < -0.4 is 0 Å². The van der Waals surface area contributed by atoms with Crippen molar-refractivity contribution in [2.24, 2.45) is 0 Å². The number of aryl methyl sites for hydroxylation is 1. The van der Waals surface area contributed by atoms with Crippen LogP contribution in [-0.4, -0.2) is 15.9 Å². The molecule has 4 rings (SSSR count). The van der Waals surface area contributed by atoms with E-state index in [0.29, 0.717) is 18.1 Å². The Hall–Kier alpha value is -2.99. The summed E-state index contributed by atoms with van der Waals surface area (Å²) in [6, 6.07) is 17.6. The van der Waals surface area contributed by atoms with Crippen LogP contribution in [0.15, 0.2) is 65.2 Å². The van der Waals surface area contributed by atoms with E-state index in [1.54, 1.807) is 17.5 Å². The average molecular weight is 364 g/mol. The fraction of sp³-hybridized carbons (Fsp3) is 0.150. The molecule has 0 fully saturated rings. The molecule has 6 heteroatoms. The molecule has 0 radical (unpaired) electrons.